The third-order valence-corrected chi connectivity index (χ3v) is 4.29. The average molecular weight is 333 g/mol. The molecule has 0 aliphatic heterocycles. The van der Waals surface area contributed by atoms with Crippen LogP contribution in [-0.4, -0.2) is 17.5 Å². The molecule has 2 aromatic carbocycles. The second kappa shape index (κ2) is 6.34. The smallest absolute Gasteiger partial charge is 0.258 e. The number of amides is 1. The maximum Gasteiger partial charge on any atom is 0.258 e. The Morgan fingerprint density at radius 2 is 2.09 bits per heavy atom. The first-order chi connectivity index (χ1) is 10.7. The highest BCUT2D eigenvalue weighted by molar-refractivity contribution is 7.22. The summed E-state index contributed by atoms with van der Waals surface area (Å²) in [6.07, 6.45) is 0. The molecule has 1 amide bonds. The Morgan fingerprint density at radius 1 is 1.27 bits per heavy atom. The van der Waals surface area contributed by atoms with Gasteiger partial charge in [-0.15, -0.1) is 0 Å². The van der Waals surface area contributed by atoms with Crippen molar-refractivity contribution in [2.24, 2.45) is 0 Å². The van der Waals surface area contributed by atoms with Gasteiger partial charge in [0.25, 0.3) is 5.91 Å². The van der Waals surface area contributed by atoms with Crippen molar-refractivity contribution in [2.45, 2.75) is 6.92 Å². The van der Waals surface area contributed by atoms with E-state index in [2.05, 4.69) is 10.3 Å². The first kappa shape index (κ1) is 14.8. The lowest BCUT2D eigenvalue weighted by molar-refractivity contribution is 0.102. The molecule has 3 aromatic rings. The molecule has 0 aliphatic rings. The summed E-state index contributed by atoms with van der Waals surface area (Å²) < 4.78 is 6.51. The number of nitrogens with zero attached hydrogens (tertiary/aromatic N) is 1. The Hall–Kier alpha value is -2.11. The number of carbonyl (C=O) groups excluding carboxylic acids is 1. The van der Waals surface area contributed by atoms with Crippen molar-refractivity contribution >= 4 is 44.2 Å². The summed E-state index contributed by atoms with van der Waals surface area (Å²) >= 11 is 7.43. The predicted octanol–water partition coefficient (Wildman–Crippen LogP) is 4.60. The number of aromatic nitrogens is 1. The zero-order chi connectivity index (χ0) is 15.5. The Bertz CT molecular complexity index is 832. The normalized spacial score (nSPS) is 10.6. The van der Waals surface area contributed by atoms with E-state index in [1.165, 1.54) is 11.3 Å². The van der Waals surface area contributed by atoms with Gasteiger partial charge in [-0.25, -0.2) is 4.98 Å². The molecular weight excluding hydrogens is 320 g/mol. The summed E-state index contributed by atoms with van der Waals surface area (Å²) in [6.45, 7) is 2.49. The Balaban J connectivity index is 1.90. The molecule has 3 rings (SSSR count). The number of halogens is 1. The third kappa shape index (κ3) is 2.91. The molecule has 0 radical (unpaired) electrons. The van der Waals surface area contributed by atoms with Crippen LogP contribution in [0.15, 0.2) is 42.5 Å². The summed E-state index contributed by atoms with van der Waals surface area (Å²) in [5.41, 5.74) is 1.18. The van der Waals surface area contributed by atoms with Gasteiger partial charge in [0.05, 0.1) is 21.9 Å². The molecule has 4 nitrogen and oxygen atoms in total. The summed E-state index contributed by atoms with van der Waals surface area (Å²) in [7, 11) is 0. The van der Waals surface area contributed by atoms with Gasteiger partial charge in [0, 0.05) is 0 Å². The SMILES string of the molecule is CCOc1cccc2sc(NC(=O)c3ccccc3Cl)nc12. The first-order valence-corrected chi connectivity index (χ1v) is 7.96. The highest BCUT2D eigenvalue weighted by atomic mass is 35.5. The van der Waals surface area contributed by atoms with E-state index in [0.717, 1.165) is 16.0 Å². The topological polar surface area (TPSA) is 51.2 Å². The van der Waals surface area contributed by atoms with Gasteiger partial charge in [0.2, 0.25) is 0 Å². The van der Waals surface area contributed by atoms with E-state index in [-0.39, 0.29) is 5.91 Å². The third-order valence-electron chi connectivity index (χ3n) is 3.02. The highest BCUT2D eigenvalue weighted by Gasteiger charge is 2.14. The molecule has 1 N–H and O–H groups in total. The minimum Gasteiger partial charge on any atom is -0.492 e. The molecule has 0 bridgehead atoms. The molecule has 22 heavy (non-hydrogen) atoms. The number of benzene rings is 2. The molecule has 0 aliphatic carbocycles. The number of para-hydroxylation sites is 1. The van der Waals surface area contributed by atoms with E-state index in [9.17, 15) is 4.79 Å². The fraction of sp³-hybridized carbons (Fsp3) is 0.125. The van der Waals surface area contributed by atoms with Crippen molar-refractivity contribution in [1.29, 1.82) is 0 Å². The van der Waals surface area contributed by atoms with Crippen molar-refractivity contribution in [3.63, 3.8) is 0 Å². The number of anilines is 1. The van der Waals surface area contributed by atoms with E-state index in [0.29, 0.717) is 22.3 Å². The highest BCUT2D eigenvalue weighted by Crippen LogP contribution is 2.32. The lowest BCUT2D eigenvalue weighted by Gasteiger charge is -2.03. The van der Waals surface area contributed by atoms with Crippen LogP contribution in [-0.2, 0) is 0 Å². The van der Waals surface area contributed by atoms with Crippen molar-refractivity contribution in [3.05, 3.63) is 53.1 Å². The largest absolute Gasteiger partial charge is 0.492 e. The molecule has 0 fully saturated rings. The number of hydrogen-bond acceptors (Lipinski definition) is 4. The van der Waals surface area contributed by atoms with E-state index in [1.807, 2.05) is 25.1 Å². The van der Waals surface area contributed by atoms with Crippen LogP contribution in [0.5, 0.6) is 5.75 Å². The minimum atomic E-state index is -0.275. The van der Waals surface area contributed by atoms with Crippen molar-refractivity contribution in [2.75, 3.05) is 11.9 Å². The fourth-order valence-corrected chi connectivity index (χ4v) is 3.16. The van der Waals surface area contributed by atoms with Gasteiger partial charge in [-0.1, -0.05) is 41.1 Å². The van der Waals surface area contributed by atoms with Gasteiger partial charge in [0.1, 0.15) is 11.3 Å². The number of rotatable bonds is 4. The summed E-state index contributed by atoms with van der Waals surface area (Å²) in [6, 6.07) is 12.6. The molecular formula is C16H13ClN2O2S. The monoisotopic (exact) mass is 332 g/mol. The molecule has 0 saturated carbocycles. The van der Waals surface area contributed by atoms with E-state index >= 15 is 0 Å². The number of fused-ring (bicyclic) bond motifs is 1. The van der Waals surface area contributed by atoms with Gasteiger partial charge in [-0.05, 0) is 31.2 Å². The molecule has 1 aromatic heterocycles. The van der Waals surface area contributed by atoms with Crippen molar-refractivity contribution in [3.8, 4) is 5.75 Å². The second-order valence-electron chi connectivity index (χ2n) is 4.49. The van der Waals surface area contributed by atoms with Crippen LogP contribution < -0.4 is 10.1 Å². The fourth-order valence-electron chi connectivity index (χ4n) is 2.06. The van der Waals surface area contributed by atoms with Crippen LogP contribution in [0.2, 0.25) is 5.02 Å². The minimum absolute atomic E-state index is 0.275. The van der Waals surface area contributed by atoms with Crippen LogP contribution in [0.3, 0.4) is 0 Å². The zero-order valence-corrected chi connectivity index (χ0v) is 13.4. The standard InChI is InChI=1S/C16H13ClN2O2S/c1-2-21-12-8-5-9-13-14(12)18-16(22-13)19-15(20)10-6-3-4-7-11(10)17/h3-9H,2H2,1H3,(H,18,19,20). The van der Waals surface area contributed by atoms with E-state index in [1.54, 1.807) is 24.3 Å². The first-order valence-electron chi connectivity index (χ1n) is 6.77. The lowest BCUT2D eigenvalue weighted by atomic mass is 10.2. The van der Waals surface area contributed by atoms with Crippen LogP contribution in [0, 0.1) is 0 Å². The number of nitrogens with one attached hydrogen (secondary N) is 1. The lowest BCUT2D eigenvalue weighted by Crippen LogP contribution is -2.12. The Kier molecular flexibility index (Phi) is 4.27. The van der Waals surface area contributed by atoms with Gasteiger partial charge in [0.15, 0.2) is 5.13 Å². The summed E-state index contributed by atoms with van der Waals surface area (Å²) in [5, 5.41) is 3.72. The second-order valence-corrected chi connectivity index (χ2v) is 5.93. The Morgan fingerprint density at radius 3 is 2.86 bits per heavy atom. The van der Waals surface area contributed by atoms with Gasteiger partial charge < -0.3 is 4.74 Å². The maximum atomic E-state index is 12.3. The molecule has 112 valence electrons. The van der Waals surface area contributed by atoms with Crippen molar-refractivity contribution in [1.82, 2.24) is 4.98 Å². The quantitative estimate of drug-likeness (QED) is 0.759. The predicted molar refractivity (Wildman–Crippen MR) is 90.2 cm³/mol. The molecule has 1 heterocycles. The molecule has 0 saturated heterocycles. The number of thiazole rings is 1. The maximum absolute atomic E-state index is 12.3. The summed E-state index contributed by atoms with van der Waals surface area (Å²) in [5.74, 6) is 0.442. The van der Waals surface area contributed by atoms with Crippen LogP contribution >= 0.6 is 22.9 Å². The van der Waals surface area contributed by atoms with E-state index in [4.69, 9.17) is 16.3 Å². The van der Waals surface area contributed by atoms with Gasteiger partial charge in [-0.2, -0.15) is 0 Å². The van der Waals surface area contributed by atoms with E-state index < -0.39 is 0 Å². The Labute approximate surface area is 136 Å². The van der Waals surface area contributed by atoms with Gasteiger partial charge in [-0.3, -0.25) is 10.1 Å². The molecule has 0 unspecified atom stereocenters. The zero-order valence-electron chi connectivity index (χ0n) is 11.8. The van der Waals surface area contributed by atoms with Crippen LogP contribution in [0.25, 0.3) is 10.2 Å². The van der Waals surface area contributed by atoms with Crippen LogP contribution in [0.4, 0.5) is 5.13 Å². The molecule has 0 atom stereocenters. The summed E-state index contributed by atoms with van der Waals surface area (Å²) in [4.78, 5) is 16.7. The number of ether oxygens (including phenoxy) is 1. The molecule has 6 heteroatoms. The average Bonchev–Trinajstić information content (AvgIpc) is 2.91. The van der Waals surface area contributed by atoms with Crippen molar-refractivity contribution < 1.29 is 9.53 Å². The number of carbonyl (C=O) groups is 1. The number of hydrogen-bond donors (Lipinski definition) is 1. The van der Waals surface area contributed by atoms with Gasteiger partial charge >= 0.3 is 0 Å². The molecule has 0 spiro atoms. The van der Waals surface area contributed by atoms with Crippen LogP contribution in [0.1, 0.15) is 17.3 Å².